The molecule has 5 nitrogen and oxygen atoms in total. The molecule has 2 rings (SSSR count). The lowest BCUT2D eigenvalue weighted by Crippen LogP contribution is -2.24. The number of benzene rings is 1. The zero-order chi connectivity index (χ0) is 15.1. The Morgan fingerprint density at radius 2 is 2.10 bits per heavy atom. The van der Waals surface area contributed by atoms with Gasteiger partial charge in [0, 0.05) is 31.2 Å². The molecule has 5 heteroatoms. The summed E-state index contributed by atoms with van der Waals surface area (Å²) in [5, 5.41) is 18.1. The third kappa shape index (κ3) is 3.71. The summed E-state index contributed by atoms with van der Waals surface area (Å²) in [7, 11) is 0. The van der Waals surface area contributed by atoms with Crippen LogP contribution in [0, 0.1) is 22.7 Å². The lowest BCUT2D eigenvalue weighted by molar-refractivity contribution is 0.794. The average Bonchev–Trinajstić information content (AvgIpc) is 2.52. The van der Waals surface area contributed by atoms with Crippen molar-refractivity contribution in [3.63, 3.8) is 0 Å². The van der Waals surface area contributed by atoms with Crippen LogP contribution in [0.1, 0.15) is 17.5 Å². The number of rotatable bonds is 5. The van der Waals surface area contributed by atoms with E-state index >= 15 is 0 Å². The highest BCUT2D eigenvalue weighted by atomic mass is 15.1. The minimum atomic E-state index is 0.384. The summed E-state index contributed by atoms with van der Waals surface area (Å²) in [4.78, 5) is 6.09. The summed E-state index contributed by atoms with van der Waals surface area (Å²) in [5.41, 5.74) is 8.59. The van der Waals surface area contributed by atoms with E-state index in [-0.39, 0.29) is 0 Å². The van der Waals surface area contributed by atoms with Crippen molar-refractivity contribution in [2.75, 3.05) is 17.2 Å². The molecule has 2 N–H and O–H groups in total. The number of nitriles is 2. The van der Waals surface area contributed by atoms with Crippen LogP contribution in [0.15, 0.2) is 42.7 Å². The molecule has 0 fully saturated rings. The molecule has 0 spiro atoms. The lowest BCUT2D eigenvalue weighted by Gasteiger charge is -2.25. The third-order valence-electron chi connectivity index (χ3n) is 3.07. The van der Waals surface area contributed by atoms with E-state index in [1.165, 1.54) is 0 Å². The summed E-state index contributed by atoms with van der Waals surface area (Å²) in [6, 6.07) is 13.4. The number of aromatic nitrogens is 1. The van der Waals surface area contributed by atoms with Crippen LogP contribution < -0.4 is 10.6 Å². The molecule has 0 aliphatic heterocycles. The van der Waals surface area contributed by atoms with Crippen molar-refractivity contribution < 1.29 is 0 Å². The highest BCUT2D eigenvalue weighted by Gasteiger charge is 2.12. The number of nitrogens with zero attached hydrogens (tertiary/aromatic N) is 4. The molecule has 0 aliphatic carbocycles. The molecular formula is C16H15N5. The molecule has 0 radical (unpaired) electrons. The standard InChI is InChI=1S/C16H15N5/c17-6-2-8-21(12-13-3-1-7-20-11-13)16-5-4-15(19)9-14(16)10-18/h1,3-5,7,9,11H,2,8,12,19H2. The second kappa shape index (κ2) is 6.93. The van der Waals surface area contributed by atoms with Crippen LogP contribution in [0.4, 0.5) is 11.4 Å². The van der Waals surface area contributed by atoms with E-state index in [1.54, 1.807) is 24.5 Å². The first-order chi connectivity index (χ1) is 10.2. The maximum atomic E-state index is 9.27. The molecule has 2 aromatic rings. The molecule has 0 bridgehead atoms. The van der Waals surface area contributed by atoms with E-state index in [2.05, 4.69) is 17.1 Å². The molecule has 0 atom stereocenters. The number of anilines is 2. The molecule has 1 aromatic carbocycles. The number of pyridine rings is 1. The Balaban J connectivity index is 2.32. The number of hydrogen-bond donors (Lipinski definition) is 1. The van der Waals surface area contributed by atoms with Gasteiger partial charge in [0.2, 0.25) is 0 Å². The van der Waals surface area contributed by atoms with Gasteiger partial charge in [-0.3, -0.25) is 4.98 Å². The van der Waals surface area contributed by atoms with Crippen molar-refractivity contribution in [3.8, 4) is 12.1 Å². The summed E-state index contributed by atoms with van der Waals surface area (Å²) in [5.74, 6) is 0. The third-order valence-corrected chi connectivity index (χ3v) is 3.07. The number of nitrogens with two attached hydrogens (primary N) is 1. The van der Waals surface area contributed by atoms with E-state index in [0.717, 1.165) is 11.3 Å². The van der Waals surface area contributed by atoms with Gasteiger partial charge in [-0.1, -0.05) is 6.07 Å². The Kier molecular flexibility index (Phi) is 4.74. The van der Waals surface area contributed by atoms with Crippen molar-refractivity contribution in [1.82, 2.24) is 4.98 Å². The first kappa shape index (κ1) is 14.4. The Morgan fingerprint density at radius 1 is 1.24 bits per heavy atom. The van der Waals surface area contributed by atoms with Crippen LogP contribution in [-0.4, -0.2) is 11.5 Å². The monoisotopic (exact) mass is 277 g/mol. The van der Waals surface area contributed by atoms with E-state index in [1.807, 2.05) is 23.1 Å². The smallest absolute Gasteiger partial charge is 0.101 e. The summed E-state index contributed by atoms with van der Waals surface area (Å²) in [6.07, 6.45) is 3.88. The fraction of sp³-hybridized carbons (Fsp3) is 0.188. The summed E-state index contributed by atoms with van der Waals surface area (Å²) >= 11 is 0. The van der Waals surface area contributed by atoms with Crippen LogP contribution in [0.2, 0.25) is 0 Å². The molecule has 0 saturated heterocycles. The molecule has 0 amide bonds. The van der Waals surface area contributed by atoms with Gasteiger partial charge in [0.25, 0.3) is 0 Å². The predicted molar refractivity (Wildman–Crippen MR) is 81.1 cm³/mol. The van der Waals surface area contributed by atoms with E-state index in [0.29, 0.717) is 30.8 Å². The number of nitrogen functional groups attached to an aromatic ring is 1. The quantitative estimate of drug-likeness (QED) is 0.848. The first-order valence-electron chi connectivity index (χ1n) is 6.55. The van der Waals surface area contributed by atoms with Gasteiger partial charge in [-0.2, -0.15) is 10.5 Å². The van der Waals surface area contributed by atoms with Crippen LogP contribution in [-0.2, 0) is 6.54 Å². The van der Waals surface area contributed by atoms with Gasteiger partial charge in [0.15, 0.2) is 0 Å². The predicted octanol–water partition coefficient (Wildman–Crippen LogP) is 2.46. The Hall–Kier alpha value is -3.05. The van der Waals surface area contributed by atoms with Gasteiger partial charge in [-0.25, -0.2) is 0 Å². The van der Waals surface area contributed by atoms with E-state index in [9.17, 15) is 5.26 Å². The minimum Gasteiger partial charge on any atom is -0.399 e. The van der Waals surface area contributed by atoms with Crippen LogP contribution in [0.5, 0.6) is 0 Å². The molecule has 1 aromatic heterocycles. The van der Waals surface area contributed by atoms with Crippen molar-refractivity contribution in [2.45, 2.75) is 13.0 Å². The van der Waals surface area contributed by atoms with Gasteiger partial charge >= 0.3 is 0 Å². The first-order valence-corrected chi connectivity index (χ1v) is 6.55. The van der Waals surface area contributed by atoms with Crippen molar-refractivity contribution >= 4 is 11.4 Å². The van der Waals surface area contributed by atoms with Crippen molar-refractivity contribution in [2.24, 2.45) is 0 Å². The van der Waals surface area contributed by atoms with Gasteiger partial charge in [-0.05, 0) is 29.8 Å². The van der Waals surface area contributed by atoms with E-state index < -0.39 is 0 Å². The Labute approximate surface area is 123 Å². The molecular weight excluding hydrogens is 262 g/mol. The maximum Gasteiger partial charge on any atom is 0.101 e. The van der Waals surface area contributed by atoms with Crippen molar-refractivity contribution in [3.05, 3.63) is 53.9 Å². The van der Waals surface area contributed by atoms with Gasteiger partial charge in [0.1, 0.15) is 6.07 Å². The van der Waals surface area contributed by atoms with Crippen LogP contribution in [0.3, 0.4) is 0 Å². The highest BCUT2D eigenvalue weighted by molar-refractivity contribution is 5.64. The second-order valence-corrected chi connectivity index (χ2v) is 4.58. The second-order valence-electron chi connectivity index (χ2n) is 4.58. The summed E-state index contributed by atoms with van der Waals surface area (Å²) in [6.45, 7) is 1.14. The zero-order valence-corrected chi connectivity index (χ0v) is 11.5. The molecule has 0 saturated carbocycles. The largest absolute Gasteiger partial charge is 0.399 e. The Morgan fingerprint density at radius 3 is 2.76 bits per heavy atom. The van der Waals surface area contributed by atoms with Crippen LogP contribution >= 0.6 is 0 Å². The normalized spacial score (nSPS) is 9.62. The maximum absolute atomic E-state index is 9.27. The van der Waals surface area contributed by atoms with Crippen molar-refractivity contribution in [1.29, 1.82) is 10.5 Å². The fourth-order valence-electron chi connectivity index (χ4n) is 2.10. The molecule has 21 heavy (non-hydrogen) atoms. The minimum absolute atomic E-state index is 0.384. The molecule has 104 valence electrons. The van der Waals surface area contributed by atoms with Crippen LogP contribution in [0.25, 0.3) is 0 Å². The molecule has 0 unspecified atom stereocenters. The van der Waals surface area contributed by atoms with Gasteiger partial charge < -0.3 is 10.6 Å². The topological polar surface area (TPSA) is 89.7 Å². The molecule has 0 aliphatic rings. The molecule has 1 heterocycles. The lowest BCUT2D eigenvalue weighted by atomic mass is 10.1. The fourth-order valence-corrected chi connectivity index (χ4v) is 2.10. The average molecular weight is 277 g/mol. The van der Waals surface area contributed by atoms with Gasteiger partial charge in [0.05, 0.1) is 23.7 Å². The van der Waals surface area contributed by atoms with Gasteiger partial charge in [-0.15, -0.1) is 0 Å². The number of hydrogen-bond acceptors (Lipinski definition) is 5. The van der Waals surface area contributed by atoms with E-state index in [4.69, 9.17) is 11.0 Å². The zero-order valence-electron chi connectivity index (χ0n) is 11.5. The Bertz CT molecular complexity index is 682. The SMILES string of the molecule is N#CCCN(Cc1cccnc1)c1ccc(N)cc1C#N. The highest BCUT2D eigenvalue weighted by Crippen LogP contribution is 2.24. The summed E-state index contributed by atoms with van der Waals surface area (Å²) < 4.78 is 0.